The Morgan fingerprint density at radius 2 is 2.11 bits per heavy atom. The summed E-state index contributed by atoms with van der Waals surface area (Å²) in [5.74, 6) is 0.515. The van der Waals surface area contributed by atoms with Crippen molar-refractivity contribution in [1.29, 1.82) is 0 Å². The lowest BCUT2D eigenvalue weighted by Crippen LogP contribution is -2.27. The van der Waals surface area contributed by atoms with Gasteiger partial charge in [0.05, 0.1) is 17.6 Å². The fourth-order valence-electron chi connectivity index (χ4n) is 4.08. The van der Waals surface area contributed by atoms with Gasteiger partial charge >= 0.3 is 0 Å². The second-order valence-electron chi connectivity index (χ2n) is 7.80. The van der Waals surface area contributed by atoms with Gasteiger partial charge in [0.15, 0.2) is 0 Å². The van der Waals surface area contributed by atoms with E-state index >= 15 is 0 Å². The highest BCUT2D eigenvalue weighted by Gasteiger charge is 2.43. The van der Waals surface area contributed by atoms with Gasteiger partial charge in [0.25, 0.3) is 0 Å². The summed E-state index contributed by atoms with van der Waals surface area (Å²) >= 11 is 0. The summed E-state index contributed by atoms with van der Waals surface area (Å²) in [6.07, 6.45) is 11.4. The van der Waals surface area contributed by atoms with Crippen molar-refractivity contribution in [3.8, 4) is 5.69 Å². The van der Waals surface area contributed by atoms with Gasteiger partial charge in [-0.25, -0.2) is 9.07 Å². The smallest absolute Gasteiger partial charge is 0.123 e. The quantitative estimate of drug-likeness (QED) is 0.585. The molecule has 0 spiro atoms. The van der Waals surface area contributed by atoms with Crippen molar-refractivity contribution in [2.24, 2.45) is 11.3 Å². The van der Waals surface area contributed by atoms with Gasteiger partial charge in [-0.3, -0.25) is 0 Å². The van der Waals surface area contributed by atoms with E-state index in [1.165, 1.54) is 36.2 Å². The maximum Gasteiger partial charge on any atom is 0.123 e. The molecule has 0 radical (unpaired) electrons. The molecule has 4 heteroatoms. The SMILES string of the molecule is C=CCCCO.CC1CCC2=Cc3c(cnn3-c3ccc(F)cc3)CC21C. The Bertz CT molecular complexity index is 821. The van der Waals surface area contributed by atoms with Gasteiger partial charge in [0, 0.05) is 6.61 Å². The molecular weight excluding hydrogens is 339 g/mol. The number of hydrogen-bond donors (Lipinski definition) is 1. The minimum atomic E-state index is -0.213. The highest BCUT2D eigenvalue weighted by atomic mass is 19.1. The molecule has 27 heavy (non-hydrogen) atoms. The molecule has 2 unspecified atom stereocenters. The fourth-order valence-corrected chi connectivity index (χ4v) is 4.08. The van der Waals surface area contributed by atoms with Gasteiger partial charge in [0.2, 0.25) is 0 Å². The predicted molar refractivity (Wildman–Crippen MR) is 108 cm³/mol. The first kappa shape index (κ1) is 19.6. The number of rotatable bonds is 4. The molecule has 1 aromatic carbocycles. The van der Waals surface area contributed by atoms with Crippen LogP contribution >= 0.6 is 0 Å². The normalized spacial score (nSPS) is 23.0. The maximum absolute atomic E-state index is 13.1. The van der Waals surface area contributed by atoms with Crippen molar-refractivity contribution in [1.82, 2.24) is 9.78 Å². The molecule has 0 bridgehead atoms. The minimum Gasteiger partial charge on any atom is -0.396 e. The van der Waals surface area contributed by atoms with E-state index in [9.17, 15) is 4.39 Å². The van der Waals surface area contributed by atoms with E-state index in [0.29, 0.717) is 5.41 Å². The van der Waals surface area contributed by atoms with E-state index in [4.69, 9.17) is 5.11 Å². The number of aromatic nitrogens is 2. The summed E-state index contributed by atoms with van der Waals surface area (Å²) in [6.45, 7) is 8.51. The van der Waals surface area contributed by atoms with Crippen LogP contribution in [0.1, 0.15) is 50.8 Å². The van der Waals surface area contributed by atoms with Crippen LogP contribution in [0, 0.1) is 17.2 Å². The van der Waals surface area contributed by atoms with Crippen molar-refractivity contribution in [3.63, 3.8) is 0 Å². The molecule has 4 rings (SSSR count). The number of aliphatic hydroxyl groups excluding tert-OH is 1. The number of halogens is 1. The molecule has 3 nitrogen and oxygen atoms in total. The lowest BCUT2D eigenvalue weighted by molar-refractivity contribution is 0.289. The zero-order valence-electron chi connectivity index (χ0n) is 16.3. The Kier molecular flexibility index (Phi) is 5.95. The van der Waals surface area contributed by atoms with Crippen LogP contribution in [0.4, 0.5) is 4.39 Å². The van der Waals surface area contributed by atoms with Gasteiger partial charge in [0.1, 0.15) is 5.82 Å². The van der Waals surface area contributed by atoms with E-state index in [-0.39, 0.29) is 12.4 Å². The first-order chi connectivity index (χ1) is 13.0. The molecule has 0 amide bonds. The van der Waals surface area contributed by atoms with Crippen molar-refractivity contribution < 1.29 is 9.50 Å². The molecule has 1 saturated carbocycles. The number of allylic oxidation sites excluding steroid dienone is 2. The van der Waals surface area contributed by atoms with Crippen LogP contribution in [-0.4, -0.2) is 21.5 Å². The number of hydrogen-bond acceptors (Lipinski definition) is 2. The molecule has 2 aromatic rings. The zero-order valence-corrected chi connectivity index (χ0v) is 16.3. The van der Waals surface area contributed by atoms with Gasteiger partial charge in [-0.15, -0.1) is 6.58 Å². The molecular formula is C23H29FN2O. The second kappa shape index (κ2) is 8.22. The predicted octanol–water partition coefficient (Wildman–Crippen LogP) is 5.33. The van der Waals surface area contributed by atoms with Crippen LogP contribution in [-0.2, 0) is 6.42 Å². The Balaban J connectivity index is 0.000000307. The second-order valence-corrected chi connectivity index (χ2v) is 7.80. The van der Waals surface area contributed by atoms with Gasteiger partial charge < -0.3 is 5.11 Å². The summed E-state index contributed by atoms with van der Waals surface area (Å²) in [5.41, 5.74) is 5.24. The van der Waals surface area contributed by atoms with E-state index in [2.05, 4.69) is 31.6 Å². The molecule has 2 aliphatic carbocycles. The lowest BCUT2D eigenvalue weighted by atomic mass is 9.70. The third-order valence-electron chi connectivity index (χ3n) is 6.06. The Morgan fingerprint density at radius 3 is 2.74 bits per heavy atom. The van der Waals surface area contributed by atoms with E-state index in [1.54, 1.807) is 23.8 Å². The topological polar surface area (TPSA) is 38.1 Å². The van der Waals surface area contributed by atoms with E-state index in [0.717, 1.165) is 30.9 Å². The van der Waals surface area contributed by atoms with Crippen LogP contribution < -0.4 is 0 Å². The largest absolute Gasteiger partial charge is 0.396 e. The van der Waals surface area contributed by atoms with Crippen LogP contribution in [0.25, 0.3) is 11.8 Å². The first-order valence-corrected chi connectivity index (χ1v) is 9.75. The molecule has 0 saturated heterocycles. The average Bonchev–Trinajstić information content (AvgIpc) is 3.19. The maximum atomic E-state index is 13.1. The van der Waals surface area contributed by atoms with E-state index < -0.39 is 0 Å². The molecule has 1 fully saturated rings. The van der Waals surface area contributed by atoms with Gasteiger partial charge in [-0.05, 0) is 79.3 Å². The lowest BCUT2D eigenvalue weighted by Gasteiger charge is -2.34. The Morgan fingerprint density at radius 1 is 1.37 bits per heavy atom. The van der Waals surface area contributed by atoms with Crippen LogP contribution in [0.15, 0.2) is 48.7 Å². The summed E-state index contributed by atoms with van der Waals surface area (Å²) < 4.78 is 15.0. The molecule has 144 valence electrons. The van der Waals surface area contributed by atoms with Crippen LogP contribution in [0.2, 0.25) is 0 Å². The number of nitrogens with zero attached hydrogens (tertiary/aromatic N) is 2. The highest BCUT2D eigenvalue weighted by Crippen LogP contribution is 2.52. The molecule has 0 aliphatic heterocycles. The molecule has 1 aromatic heterocycles. The Labute approximate surface area is 161 Å². The highest BCUT2D eigenvalue weighted by molar-refractivity contribution is 5.61. The number of aliphatic hydroxyl groups is 1. The van der Waals surface area contributed by atoms with Crippen molar-refractivity contribution in [2.75, 3.05) is 6.61 Å². The third-order valence-corrected chi connectivity index (χ3v) is 6.06. The fraction of sp³-hybridized carbons (Fsp3) is 0.435. The van der Waals surface area contributed by atoms with Crippen LogP contribution in [0.3, 0.4) is 0 Å². The van der Waals surface area contributed by atoms with E-state index in [1.807, 2.05) is 10.9 Å². The summed E-state index contributed by atoms with van der Waals surface area (Å²) in [7, 11) is 0. The first-order valence-electron chi connectivity index (χ1n) is 9.75. The van der Waals surface area contributed by atoms with Gasteiger partial charge in [-0.2, -0.15) is 5.10 Å². The number of benzene rings is 1. The Hall–Kier alpha value is -2.20. The summed E-state index contributed by atoms with van der Waals surface area (Å²) in [4.78, 5) is 0. The minimum absolute atomic E-state index is 0.213. The standard InChI is InChI=1S/C18H19FN2.C5H10O/c1-12-3-4-14-9-17-13(10-18(12,14)2)11-20-21(17)16-7-5-15(19)6-8-16;1-2-3-4-5-6/h5-9,11-12H,3-4,10H2,1-2H3;2,6H,1,3-5H2. The number of unbranched alkanes of at least 4 members (excludes halogenated alkanes) is 1. The molecule has 2 aliphatic rings. The van der Waals surface area contributed by atoms with Crippen molar-refractivity contribution in [2.45, 2.75) is 46.0 Å². The monoisotopic (exact) mass is 368 g/mol. The molecule has 1 N–H and O–H groups in total. The summed E-state index contributed by atoms with van der Waals surface area (Å²) in [5, 5.41) is 12.7. The molecule has 2 atom stereocenters. The molecule has 1 heterocycles. The number of fused-ring (bicyclic) bond motifs is 2. The van der Waals surface area contributed by atoms with Crippen molar-refractivity contribution >= 4 is 6.08 Å². The zero-order chi connectivity index (χ0) is 19.4. The van der Waals surface area contributed by atoms with Gasteiger partial charge in [-0.1, -0.05) is 25.5 Å². The third kappa shape index (κ3) is 3.91. The van der Waals surface area contributed by atoms with Crippen LogP contribution in [0.5, 0.6) is 0 Å². The van der Waals surface area contributed by atoms with Crippen molar-refractivity contribution in [3.05, 3.63) is 65.8 Å². The average molecular weight is 368 g/mol. The summed E-state index contributed by atoms with van der Waals surface area (Å²) in [6, 6.07) is 6.54.